The lowest BCUT2D eigenvalue weighted by Crippen LogP contribution is -2.15. The van der Waals surface area contributed by atoms with Gasteiger partial charge in [-0.3, -0.25) is 0 Å². The van der Waals surface area contributed by atoms with Crippen LogP contribution in [0.5, 0.6) is 11.8 Å². The molecule has 0 aliphatic heterocycles. The molecule has 0 spiro atoms. The van der Waals surface area contributed by atoms with E-state index in [1.807, 2.05) is 34.0 Å². The molecule has 0 unspecified atom stereocenters. The predicted octanol–water partition coefficient (Wildman–Crippen LogP) is 2.12. The lowest BCUT2D eigenvalue weighted by Gasteiger charge is -2.14. The molecule has 7 heteroatoms. The molecular formula is C14H16N6O. The SMILES string of the molecule is CC(C)c1nc(Oc2cccnc2C#N)nc(N(C)C)n1. The highest BCUT2D eigenvalue weighted by Crippen LogP contribution is 2.23. The third-order valence-electron chi connectivity index (χ3n) is 2.61. The highest BCUT2D eigenvalue weighted by molar-refractivity contribution is 5.38. The Hall–Kier alpha value is -2.75. The van der Waals surface area contributed by atoms with Crippen LogP contribution in [0.3, 0.4) is 0 Å². The first-order chi connectivity index (χ1) is 10.0. The molecule has 2 aromatic heterocycles. The van der Waals surface area contributed by atoms with Crippen molar-refractivity contribution in [3.05, 3.63) is 29.8 Å². The average Bonchev–Trinajstić information content (AvgIpc) is 2.47. The van der Waals surface area contributed by atoms with Gasteiger partial charge in [0.1, 0.15) is 11.9 Å². The number of nitriles is 1. The maximum absolute atomic E-state index is 9.03. The van der Waals surface area contributed by atoms with Crippen LogP contribution in [-0.2, 0) is 0 Å². The van der Waals surface area contributed by atoms with Crippen molar-refractivity contribution in [2.45, 2.75) is 19.8 Å². The van der Waals surface area contributed by atoms with Crippen LogP contribution in [0.4, 0.5) is 5.95 Å². The van der Waals surface area contributed by atoms with Gasteiger partial charge in [-0.05, 0) is 12.1 Å². The minimum atomic E-state index is 0.137. The van der Waals surface area contributed by atoms with Crippen molar-refractivity contribution in [3.63, 3.8) is 0 Å². The van der Waals surface area contributed by atoms with Crippen molar-refractivity contribution >= 4 is 5.95 Å². The second kappa shape index (κ2) is 6.13. The molecule has 21 heavy (non-hydrogen) atoms. The Morgan fingerprint density at radius 1 is 1.24 bits per heavy atom. The van der Waals surface area contributed by atoms with Crippen LogP contribution in [0.2, 0.25) is 0 Å². The second-order valence-electron chi connectivity index (χ2n) is 4.89. The van der Waals surface area contributed by atoms with Crippen LogP contribution >= 0.6 is 0 Å². The number of pyridine rings is 1. The molecule has 7 nitrogen and oxygen atoms in total. The van der Waals surface area contributed by atoms with Gasteiger partial charge in [-0.15, -0.1) is 0 Å². The van der Waals surface area contributed by atoms with Crippen molar-refractivity contribution < 1.29 is 4.74 Å². The minimum Gasteiger partial charge on any atom is -0.421 e. The minimum absolute atomic E-state index is 0.137. The number of rotatable bonds is 4. The van der Waals surface area contributed by atoms with Gasteiger partial charge in [0.15, 0.2) is 11.4 Å². The second-order valence-corrected chi connectivity index (χ2v) is 4.89. The summed E-state index contributed by atoms with van der Waals surface area (Å²) in [4.78, 5) is 18.6. The molecular weight excluding hydrogens is 268 g/mol. The van der Waals surface area contributed by atoms with Gasteiger partial charge in [0.2, 0.25) is 5.95 Å². The third-order valence-corrected chi connectivity index (χ3v) is 2.61. The van der Waals surface area contributed by atoms with Crippen LogP contribution < -0.4 is 9.64 Å². The van der Waals surface area contributed by atoms with Crippen molar-refractivity contribution in [2.75, 3.05) is 19.0 Å². The van der Waals surface area contributed by atoms with E-state index in [4.69, 9.17) is 10.00 Å². The first-order valence-corrected chi connectivity index (χ1v) is 6.47. The maximum atomic E-state index is 9.03. The van der Waals surface area contributed by atoms with Crippen LogP contribution in [0, 0.1) is 11.3 Å². The van der Waals surface area contributed by atoms with Crippen LogP contribution in [0.1, 0.15) is 31.3 Å². The maximum Gasteiger partial charge on any atom is 0.327 e. The molecule has 0 bridgehead atoms. The molecule has 0 saturated carbocycles. The van der Waals surface area contributed by atoms with Crippen LogP contribution in [0.25, 0.3) is 0 Å². The normalized spacial score (nSPS) is 10.3. The monoisotopic (exact) mass is 284 g/mol. The summed E-state index contributed by atoms with van der Waals surface area (Å²) >= 11 is 0. The van der Waals surface area contributed by atoms with Crippen molar-refractivity contribution in [3.8, 4) is 17.8 Å². The first kappa shape index (κ1) is 14.7. The van der Waals surface area contributed by atoms with E-state index in [2.05, 4.69) is 19.9 Å². The van der Waals surface area contributed by atoms with E-state index in [0.29, 0.717) is 17.5 Å². The fourth-order valence-electron chi connectivity index (χ4n) is 1.52. The molecule has 0 aliphatic carbocycles. The summed E-state index contributed by atoms with van der Waals surface area (Å²) < 4.78 is 5.61. The number of aromatic nitrogens is 4. The highest BCUT2D eigenvalue weighted by atomic mass is 16.5. The lowest BCUT2D eigenvalue weighted by molar-refractivity contribution is 0.431. The van der Waals surface area contributed by atoms with Gasteiger partial charge >= 0.3 is 6.01 Å². The molecule has 108 valence electrons. The van der Waals surface area contributed by atoms with Crippen molar-refractivity contribution in [2.24, 2.45) is 0 Å². The van der Waals surface area contributed by atoms with Gasteiger partial charge in [-0.1, -0.05) is 13.8 Å². The Labute approximate surface area is 123 Å². The number of hydrogen-bond acceptors (Lipinski definition) is 7. The summed E-state index contributed by atoms with van der Waals surface area (Å²) in [5, 5.41) is 9.03. The summed E-state index contributed by atoms with van der Waals surface area (Å²) in [6.45, 7) is 3.98. The Morgan fingerprint density at radius 2 is 2.00 bits per heavy atom. The van der Waals surface area contributed by atoms with Crippen molar-refractivity contribution in [1.29, 1.82) is 5.26 Å². The molecule has 0 saturated heterocycles. The van der Waals surface area contributed by atoms with E-state index < -0.39 is 0 Å². The summed E-state index contributed by atoms with van der Waals surface area (Å²) in [5.41, 5.74) is 0.190. The predicted molar refractivity (Wildman–Crippen MR) is 77.3 cm³/mol. The molecule has 2 rings (SSSR count). The molecule has 0 amide bonds. The van der Waals surface area contributed by atoms with Gasteiger partial charge in [0, 0.05) is 26.2 Å². The molecule has 2 aromatic rings. The lowest BCUT2D eigenvalue weighted by atomic mass is 10.2. The summed E-state index contributed by atoms with van der Waals surface area (Å²) in [6.07, 6.45) is 1.53. The smallest absolute Gasteiger partial charge is 0.327 e. The Morgan fingerprint density at radius 3 is 2.62 bits per heavy atom. The van der Waals surface area contributed by atoms with Gasteiger partial charge in [0.25, 0.3) is 0 Å². The zero-order chi connectivity index (χ0) is 15.4. The molecule has 0 atom stereocenters. The van der Waals surface area contributed by atoms with E-state index in [0.717, 1.165) is 0 Å². The summed E-state index contributed by atoms with van der Waals surface area (Å²) in [7, 11) is 3.68. The van der Waals surface area contributed by atoms with E-state index in [-0.39, 0.29) is 17.6 Å². The van der Waals surface area contributed by atoms with Gasteiger partial charge in [-0.2, -0.15) is 20.2 Å². The quantitative estimate of drug-likeness (QED) is 0.849. The molecule has 0 fully saturated rings. The van der Waals surface area contributed by atoms with E-state index >= 15 is 0 Å². The Bertz CT molecular complexity index is 651. The van der Waals surface area contributed by atoms with Crippen molar-refractivity contribution in [1.82, 2.24) is 19.9 Å². The van der Waals surface area contributed by atoms with Gasteiger partial charge < -0.3 is 9.64 Å². The molecule has 0 aromatic carbocycles. The highest BCUT2D eigenvalue weighted by Gasteiger charge is 2.14. The number of nitrogens with zero attached hydrogens (tertiary/aromatic N) is 6. The third kappa shape index (κ3) is 3.42. The topological polar surface area (TPSA) is 87.8 Å². The zero-order valence-corrected chi connectivity index (χ0v) is 12.4. The van der Waals surface area contributed by atoms with E-state index in [1.165, 1.54) is 6.20 Å². The summed E-state index contributed by atoms with van der Waals surface area (Å²) in [5.74, 6) is 1.60. The fraction of sp³-hybridized carbons (Fsp3) is 0.357. The summed E-state index contributed by atoms with van der Waals surface area (Å²) in [6, 6.07) is 5.47. The van der Waals surface area contributed by atoms with Crippen LogP contribution in [-0.4, -0.2) is 34.0 Å². The van der Waals surface area contributed by atoms with Gasteiger partial charge in [-0.25, -0.2) is 4.98 Å². The largest absolute Gasteiger partial charge is 0.421 e. The first-order valence-electron chi connectivity index (χ1n) is 6.47. The molecule has 2 heterocycles. The molecule has 0 N–H and O–H groups in total. The van der Waals surface area contributed by atoms with Crippen LogP contribution in [0.15, 0.2) is 18.3 Å². The number of anilines is 1. The zero-order valence-electron chi connectivity index (χ0n) is 12.4. The van der Waals surface area contributed by atoms with Gasteiger partial charge in [0.05, 0.1) is 0 Å². The molecule has 0 aliphatic rings. The average molecular weight is 284 g/mol. The van der Waals surface area contributed by atoms with E-state index in [9.17, 15) is 0 Å². The number of ether oxygens (including phenoxy) is 1. The molecule has 0 radical (unpaired) electrons. The number of hydrogen-bond donors (Lipinski definition) is 0. The fourth-order valence-corrected chi connectivity index (χ4v) is 1.52. The van der Waals surface area contributed by atoms with E-state index in [1.54, 1.807) is 17.0 Å². The standard InChI is InChI=1S/C14H16N6O/c1-9(2)12-17-13(20(3)4)19-14(18-12)21-11-6-5-7-16-10(11)8-15/h5-7,9H,1-4H3. The Balaban J connectivity index is 2.42. The Kier molecular flexibility index (Phi) is 4.28.